The molecule has 0 spiro atoms. The second-order valence-corrected chi connectivity index (χ2v) is 7.04. The van der Waals surface area contributed by atoms with Crippen LogP contribution in [0.3, 0.4) is 0 Å². The number of aromatic amines is 1. The highest BCUT2D eigenvalue weighted by Crippen LogP contribution is 2.29. The summed E-state index contributed by atoms with van der Waals surface area (Å²) in [7, 11) is 1.58. The summed E-state index contributed by atoms with van der Waals surface area (Å²) in [6.45, 7) is 2.62. The van der Waals surface area contributed by atoms with Crippen LogP contribution in [0, 0.1) is 0 Å². The predicted octanol–water partition coefficient (Wildman–Crippen LogP) is 3.70. The lowest BCUT2D eigenvalue weighted by atomic mass is 9.98. The summed E-state index contributed by atoms with van der Waals surface area (Å²) in [4.78, 5) is 12.6. The lowest BCUT2D eigenvalue weighted by molar-refractivity contribution is 0.411. The van der Waals surface area contributed by atoms with Crippen molar-refractivity contribution in [2.75, 3.05) is 7.11 Å². The number of benzene rings is 2. The number of methoxy groups -OCH3 is 1. The third-order valence-corrected chi connectivity index (χ3v) is 5.05. The van der Waals surface area contributed by atoms with Gasteiger partial charge in [0, 0.05) is 17.3 Å². The Hall–Kier alpha value is -3.74. The Labute approximate surface area is 174 Å². The van der Waals surface area contributed by atoms with Crippen LogP contribution in [0.25, 0.3) is 22.5 Å². The molecule has 0 aliphatic carbocycles. The minimum absolute atomic E-state index is 0.0515. The summed E-state index contributed by atoms with van der Waals surface area (Å²) in [6.07, 6.45) is 1.78. The summed E-state index contributed by atoms with van der Waals surface area (Å²) >= 11 is 0. The molecule has 7 nitrogen and oxygen atoms in total. The average molecular weight is 401 g/mol. The molecule has 30 heavy (non-hydrogen) atoms. The molecule has 0 saturated heterocycles. The molecule has 0 aliphatic heterocycles. The fourth-order valence-corrected chi connectivity index (χ4v) is 3.56. The van der Waals surface area contributed by atoms with Gasteiger partial charge in [0.1, 0.15) is 5.75 Å². The number of hydrogen-bond donors (Lipinski definition) is 1. The molecule has 2 aromatic heterocycles. The van der Waals surface area contributed by atoms with E-state index in [-0.39, 0.29) is 5.56 Å². The summed E-state index contributed by atoms with van der Waals surface area (Å²) in [5.74, 6) is 1.16. The first-order chi connectivity index (χ1) is 14.7. The van der Waals surface area contributed by atoms with Crippen LogP contribution in [-0.4, -0.2) is 32.3 Å². The Morgan fingerprint density at radius 2 is 1.80 bits per heavy atom. The molecule has 152 valence electrons. The van der Waals surface area contributed by atoms with Gasteiger partial charge in [-0.25, -0.2) is 0 Å². The van der Waals surface area contributed by atoms with Gasteiger partial charge in [-0.3, -0.25) is 4.79 Å². The van der Waals surface area contributed by atoms with Crippen molar-refractivity contribution in [2.45, 2.75) is 26.3 Å². The molecular weight excluding hydrogens is 378 g/mol. The van der Waals surface area contributed by atoms with Crippen molar-refractivity contribution in [1.82, 2.24) is 25.2 Å². The van der Waals surface area contributed by atoms with Crippen LogP contribution in [0.15, 0.2) is 65.5 Å². The number of nitrogens with one attached hydrogen (secondary N) is 1. The SMILES string of the molecule is CCCc1cc(OC)cc(=O)n1Cc1ccc(-c2ccccc2-c2nn[nH]n2)cc1. The normalized spacial score (nSPS) is 10.9. The average Bonchev–Trinajstić information content (AvgIpc) is 3.31. The van der Waals surface area contributed by atoms with E-state index in [1.807, 2.05) is 34.9 Å². The molecule has 0 atom stereocenters. The Balaban J connectivity index is 1.64. The van der Waals surface area contributed by atoms with Gasteiger partial charge in [-0.15, -0.1) is 10.2 Å². The zero-order valence-corrected chi connectivity index (χ0v) is 17.0. The monoisotopic (exact) mass is 401 g/mol. The number of hydrogen-bond acceptors (Lipinski definition) is 5. The number of tetrazole rings is 1. The molecule has 0 aliphatic rings. The molecule has 0 fully saturated rings. The molecule has 0 unspecified atom stereocenters. The van der Waals surface area contributed by atoms with Crippen molar-refractivity contribution in [3.8, 4) is 28.3 Å². The van der Waals surface area contributed by atoms with Gasteiger partial charge < -0.3 is 9.30 Å². The fraction of sp³-hybridized carbons (Fsp3) is 0.217. The van der Waals surface area contributed by atoms with Crippen molar-refractivity contribution in [3.05, 3.63) is 82.3 Å². The maximum Gasteiger partial charge on any atom is 0.254 e. The Morgan fingerprint density at radius 1 is 1.03 bits per heavy atom. The third kappa shape index (κ3) is 4.00. The first kappa shape index (κ1) is 19.6. The number of ether oxygens (including phenoxy) is 1. The van der Waals surface area contributed by atoms with E-state index in [1.54, 1.807) is 7.11 Å². The van der Waals surface area contributed by atoms with Crippen LogP contribution in [-0.2, 0) is 13.0 Å². The predicted molar refractivity (Wildman–Crippen MR) is 115 cm³/mol. The van der Waals surface area contributed by atoms with E-state index >= 15 is 0 Å². The smallest absolute Gasteiger partial charge is 0.254 e. The van der Waals surface area contributed by atoms with Gasteiger partial charge in [0.2, 0.25) is 5.82 Å². The van der Waals surface area contributed by atoms with E-state index in [1.165, 1.54) is 6.07 Å². The third-order valence-electron chi connectivity index (χ3n) is 5.05. The van der Waals surface area contributed by atoms with Gasteiger partial charge in [-0.1, -0.05) is 61.9 Å². The van der Waals surface area contributed by atoms with E-state index in [9.17, 15) is 4.79 Å². The van der Waals surface area contributed by atoms with Gasteiger partial charge in [0.15, 0.2) is 0 Å². The highest BCUT2D eigenvalue weighted by molar-refractivity contribution is 5.80. The quantitative estimate of drug-likeness (QED) is 0.510. The zero-order valence-electron chi connectivity index (χ0n) is 17.0. The van der Waals surface area contributed by atoms with E-state index < -0.39 is 0 Å². The summed E-state index contributed by atoms with van der Waals surface area (Å²) in [5.41, 5.74) is 4.97. The Bertz CT molecular complexity index is 1180. The largest absolute Gasteiger partial charge is 0.496 e. The molecular formula is C23H23N5O2. The van der Waals surface area contributed by atoms with Crippen molar-refractivity contribution in [1.29, 1.82) is 0 Å². The van der Waals surface area contributed by atoms with Gasteiger partial charge in [0.05, 0.1) is 13.7 Å². The lowest BCUT2D eigenvalue weighted by Crippen LogP contribution is -2.23. The number of aromatic nitrogens is 5. The molecule has 2 heterocycles. The molecule has 2 aromatic carbocycles. The number of aryl methyl sites for hydroxylation is 1. The van der Waals surface area contributed by atoms with E-state index in [0.29, 0.717) is 18.1 Å². The van der Waals surface area contributed by atoms with Gasteiger partial charge in [0.25, 0.3) is 5.56 Å². The first-order valence-corrected chi connectivity index (χ1v) is 9.89. The molecule has 4 rings (SSSR count). The Morgan fingerprint density at radius 3 is 2.47 bits per heavy atom. The summed E-state index contributed by atoms with van der Waals surface area (Å²) in [6, 6.07) is 19.6. The maximum absolute atomic E-state index is 12.6. The van der Waals surface area contributed by atoms with E-state index in [4.69, 9.17) is 4.74 Å². The van der Waals surface area contributed by atoms with Crippen LogP contribution >= 0.6 is 0 Å². The van der Waals surface area contributed by atoms with Crippen molar-refractivity contribution in [3.63, 3.8) is 0 Å². The molecule has 1 N–H and O–H groups in total. The molecule has 0 amide bonds. The second-order valence-electron chi connectivity index (χ2n) is 7.04. The number of H-pyrrole nitrogens is 1. The van der Waals surface area contributed by atoms with Crippen molar-refractivity contribution < 1.29 is 4.74 Å². The molecule has 0 radical (unpaired) electrons. The van der Waals surface area contributed by atoms with E-state index in [2.05, 4.69) is 51.8 Å². The maximum atomic E-state index is 12.6. The fourth-order valence-electron chi connectivity index (χ4n) is 3.56. The van der Waals surface area contributed by atoms with Crippen LogP contribution in [0.5, 0.6) is 5.75 Å². The minimum Gasteiger partial charge on any atom is -0.496 e. The van der Waals surface area contributed by atoms with Gasteiger partial charge in [-0.05, 0) is 34.4 Å². The highest BCUT2D eigenvalue weighted by atomic mass is 16.5. The van der Waals surface area contributed by atoms with Crippen LogP contribution in [0.2, 0.25) is 0 Å². The topological polar surface area (TPSA) is 85.7 Å². The number of pyridine rings is 1. The molecule has 4 aromatic rings. The van der Waals surface area contributed by atoms with Crippen LogP contribution in [0.1, 0.15) is 24.6 Å². The summed E-state index contributed by atoms with van der Waals surface area (Å²) < 4.78 is 7.08. The van der Waals surface area contributed by atoms with Crippen molar-refractivity contribution >= 4 is 0 Å². The molecule has 7 heteroatoms. The number of rotatable bonds is 7. The Kier molecular flexibility index (Phi) is 5.70. The highest BCUT2D eigenvalue weighted by Gasteiger charge is 2.11. The van der Waals surface area contributed by atoms with Crippen LogP contribution in [0.4, 0.5) is 0 Å². The second kappa shape index (κ2) is 8.73. The lowest BCUT2D eigenvalue weighted by Gasteiger charge is -2.14. The molecule has 0 saturated carbocycles. The van der Waals surface area contributed by atoms with Gasteiger partial charge >= 0.3 is 0 Å². The number of nitrogens with zero attached hydrogens (tertiary/aromatic N) is 4. The first-order valence-electron chi connectivity index (χ1n) is 9.89. The molecule has 0 bridgehead atoms. The minimum atomic E-state index is -0.0515. The zero-order chi connectivity index (χ0) is 20.9. The van der Waals surface area contributed by atoms with Gasteiger partial charge in [-0.2, -0.15) is 5.21 Å². The standard InChI is InChI=1S/C23H23N5O2/c1-3-6-18-13-19(30-2)14-22(29)28(18)15-16-9-11-17(12-10-16)20-7-4-5-8-21(20)23-24-26-27-25-23/h4-5,7-14H,3,6,15H2,1-2H3,(H,24,25,26,27). The summed E-state index contributed by atoms with van der Waals surface area (Å²) in [5, 5.41) is 14.4. The van der Waals surface area contributed by atoms with E-state index in [0.717, 1.165) is 40.8 Å². The van der Waals surface area contributed by atoms with Crippen molar-refractivity contribution in [2.24, 2.45) is 0 Å². The van der Waals surface area contributed by atoms with Crippen LogP contribution < -0.4 is 10.3 Å².